The Morgan fingerprint density at radius 3 is 2.43 bits per heavy atom. The minimum atomic E-state index is -1.24. The van der Waals surface area contributed by atoms with Gasteiger partial charge in [0.15, 0.2) is 0 Å². The van der Waals surface area contributed by atoms with Crippen molar-refractivity contribution in [3.8, 4) is 0 Å². The molecule has 2 N–H and O–H groups in total. The van der Waals surface area contributed by atoms with Crippen molar-refractivity contribution in [1.82, 2.24) is 10.6 Å². The van der Waals surface area contributed by atoms with Gasteiger partial charge in [-0.25, -0.2) is 0 Å². The van der Waals surface area contributed by atoms with Crippen LogP contribution >= 0.6 is 15.9 Å². The molecule has 0 atom stereocenters. The van der Waals surface area contributed by atoms with E-state index in [4.69, 9.17) is 0 Å². The van der Waals surface area contributed by atoms with Crippen LogP contribution in [0.4, 0.5) is 5.69 Å². The molecule has 2 aromatic rings. The van der Waals surface area contributed by atoms with E-state index in [1.807, 2.05) is 0 Å². The molecule has 30 heavy (non-hydrogen) atoms. The predicted molar refractivity (Wildman–Crippen MR) is 110 cm³/mol. The summed E-state index contributed by atoms with van der Waals surface area (Å²) in [7, 11) is 0. The van der Waals surface area contributed by atoms with Crippen molar-refractivity contribution in [3.63, 3.8) is 0 Å². The van der Waals surface area contributed by atoms with Gasteiger partial charge in [-0.3, -0.25) is 19.7 Å². The highest BCUT2D eigenvalue weighted by atomic mass is 79.9. The SMILES string of the molecule is O=C([O-])CCCNC(=O)/C(=C/c1cccc([N+](=O)[O-])c1)NC(=O)c1ccc(Br)cc1. The maximum atomic E-state index is 12.5. The number of carbonyl (C=O) groups is 3. The molecule has 0 unspecified atom stereocenters. The van der Waals surface area contributed by atoms with Crippen LogP contribution in [0, 0.1) is 10.1 Å². The van der Waals surface area contributed by atoms with Crippen molar-refractivity contribution < 1.29 is 24.4 Å². The molecule has 0 saturated carbocycles. The molecule has 0 spiro atoms. The normalized spacial score (nSPS) is 10.9. The summed E-state index contributed by atoms with van der Waals surface area (Å²) in [5.74, 6) is -2.45. The van der Waals surface area contributed by atoms with Gasteiger partial charge in [-0.2, -0.15) is 0 Å². The van der Waals surface area contributed by atoms with Crippen molar-refractivity contribution in [2.45, 2.75) is 12.8 Å². The Balaban J connectivity index is 2.24. The summed E-state index contributed by atoms with van der Waals surface area (Å²) in [5, 5.41) is 26.5. The molecule has 0 bridgehead atoms. The zero-order valence-electron chi connectivity index (χ0n) is 15.6. The summed E-state index contributed by atoms with van der Waals surface area (Å²) in [5.41, 5.74) is 0.321. The van der Waals surface area contributed by atoms with Gasteiger partial charge in [0.05, 0.1) is 4.92 Å². The molecule has 2 rings (SSSR count). The van der Waals surface area contributed by atoms with Gasteiger partial charge >= 0.3 is 0 Å². The zero-order valence-corrected chi connectivity index (χ0v) is 17.2. The van der Waals surface area contributed by atoms with Crippen molar-refractivity contribution >= 4 is 45.5 Å². The van der Waals surface area contributed by atoms with Crippen LogP contribution < -0.4 is 15.7 Å². The number of hydrogen-bond acceptors (Lipinski definition) is 6. The number of amides is 2. The molecule has 10 heteroatoms. The molecule has 2 amide bonds. The first kappa shape index (κ1) is 22.8. The number of nitrogens with one attached hydrogen (secondary N) is 2. The summed E-state index contributed by atoms with van der Waals surface area (Å²) in [4.78, 5) is 45.9. The average molecular weight is 475 g/mol. The average Bonchev–Trinajstić information content (AvgIpc) is 2.71. The van der Waals surface area contributed by atoms with Crippen LogP contribution in [0.5, 0.6) is 0 Å². The highest BCUT2D eigenvalue weighted by Crippen LogP contribution is 2.16. The molecule has 0 aromatic heterocycles. The monoisotopic (exact) mass is 474 g/mol. The first-order valence-electron chi connectivity index (χ1n) is 8.77. The Labute approximate surface area is 180 Å². The Morgan fingerprint density at radius 1 is 1.10 bits per heavy atom. The molecule has 0 aliphatic heterocycles. The van der Waals surface area contributed by atoms with E-state index in [-0.39, 0.29) is 30.8 Å². The van der Waals surface area contributed by atoms with Crippen LogP contribution in [0.2, 0.25) is 0 Å². The lowest BCUT2D eigenvalue weighted by Gasteiger charge is -2.11. The number of carboxylic acids is 1. The lowest BCUT2D eigenvalue weighted by Crippen LogP contribution is -2.35. The van der Waals surface area contributed by atoms with Crippen LogP contribution in [0.3, 0.4) is 0 Å². The molecule has 0 heterocycles. The van der Waals surface area contributed by atoms with E-state index in [2.05, 4.69) is 26.6 Å². The number of hydrogen-bond donors (Lipinski definition) is 2. The van der Waals surface area contributed by atoms with Gasteiger partial charge < -0.3 is 20.5 Å². The third kappa shape index (κ3) is 7.13. The van der Waals surface area contributed by atoms with Crippen LogP contribution in [0.15, 0.2) is 58.7 Å². The van der Waals surface area contributed by atoms with Gasteiger partial charge in [0.25, 0.3) is 17.5 Å². The topological polar surface area (TPSA) is 141 Å². The Kier molecular flexibility index (Phi) is 8.24. The maximum absolute atomic E-state index is 12.5. The van der Waals surface area contributed by atoms with Crippen molar-refractivity contribution in [1.29, 1.82) is 0 Å². The standard InChI is InChI=1S/C20H18BrN3O6/c21-15-8-6-14(7-9-15)19(27)23-17(20(28)22-10-2-5-18(25)26)12-13-3-1-4-16(11-13)24(29)30/h1,3-4,6-9,11-12H,2,5,10H2,(H,22,28)(H,23,27)(H,25,26)/p-1/b17-12-. The minimum Gasteiger partial charge on any atom is -0.550 e. The van der Waals surface area contributed by atoms with E-state index in [0.29, 0.717) is 11.1 Å². The molecule has 9 nitrogen and oxygen atoms in total. The van der Waals surface area contributed by atoms with E-state index < -0.39 is 22.7 Å². The second-order valence-corrected chi connectivity index (χ2v) is 7.02. The summed E-state index contributed by atoms with van der Waals surface area (Å²) >= 11 is 3.27. The van der Waals surface area contributed by atoms with E-state index in [0.717, 1.165) is 4.47 Å². The predicted octanol–water partition coefficient (Wildman–Crippen LogP) is 1.77. The quantitative estimate of drug-likeness (QED) is 0.245. The number of carbonyl (C=O) groups excluding carboxylic acids is 3. The van der Waals surface area contributed by atoms with Gasteiger partial charge in [0.1, 0.15) is 5.70 Å². The lowest BCUT2D eigenvalue weighted by atomic mass is 10.1. The van der Waals surface area contributed by atoms with Gasteiger partial charge in [-0.15, -0.1) is 0 Å². The van der Waals surface area contributed by atoms with E-state index in [1.54, 1.807) is 30.3 Å². The highest BCUT2D eigenvalue weighted by Gasteiger charge is 2.15. The number of halogens is 1. The van der Waals surface area contributed by atoms with E-state index in [9.17, 15) is 29.6 Å². The van der Waals surface area contributed by atoms with Crippen molar-refractivity contribution in [3.05, 3.63) is 79.9 Å². The van der Waals surface area contributed by atoms with Gasteiger partial charge in [-0.1, -0.05) is 28.1 Å². The largest absolute Gasteiger partial charge is 0.550 e. The van der Waals surface area contributed by atoms with Crippen LogP contribution in [-0.2, 0) is 9.59 Å². The van der Waals surface area contributed by atoms with Crippen LogP contribution in [-0.4, -0.2) is 29.3 Å². The Bertz CT molecular complexity index is 988. The zero-order chi connectivity index (χ0) is 22.1. The first-order valence-corrected chi connectivity index (χ1v) is 9.56. The number of nitrogens with zero attached hydrogens (tertiary/aromatic N) is 1. The van der Waals surface area contributed by atoms with E-state index >= 15 is 0 Å². The maximum Gasteiger partial charge on any atom is 0.270 e. The Morgan fingerprint density at radius 2 is 1.80 bits per heavy atom. The number of nitro benzene ring substituents is 1. The third-order valence-corrected chi connectivity index (χ3v) is 4.36. The molecular weight excluding hydrogens is 458 g/mol. The van der Waals surface area contributed by atoms with Crippen molar-refractivity contribution in [2.24, 2.45) is 0 Å². The molecule has 0 radical (unpaired) electrons. The summed E-state index contributed by atoms with van der Waals surface area (Å²) in [6, 6.07) is 12.0. The second kappa shape index (κ2) is 10.9. The van der Waals surface area contributed by atoms with Crippen molar-refractivity contribution in [2.75, 3.05) is 6.54 Å². The lowest BCUT2D eigenvalue weighted by molar-refractivity contribution is -0.384. The van der Waals surface area contributed by atoms with E-state index in [1.165, 1.54) is 24.3 Å². The summed E-state index contributed by atoms with van der Waals surface area (Å²) in [6.07, 6.45) is 1.23. The third-order valence-electron chi connectivity index (χ3n) is 3.83. The summed E-state index contributed by atoms with van der Waals surface area (Å²) in [6.45, 7) is 0.0489. The Hall–Kier alpha value is -3.53. The summed E-state index contributed by atoms with van der Waals surface area (Å²) < 4.78 is 0.775. The number of nitro groups is 1. The fourth-order valence-electron chi connectivity index (χ4n) is 2.38. The van der Waals surface area contributed by atoms with Crippen LogP contribution in [0.25, 0.3) is 6.08 Å². The number of aliphatic carboxylic acids is 1. The molecule has 0 aliphatic carbocycles. The minimum absolute atomic E-state index is 0.0489. The molecule has 2 aromatic carbocycles. The van der Waals surface area contributed by atoms with Gasteiger partial charge in [-0.05, 0) is 48.7 Å². The van der Waals surface area contributed by atoms with Gasteiger partial charge in [0.2, 0.25) is 0 Å². The fraction of sp³-hybridized carbons (Fsp3) is 0.150. The number of benzene rings is 2. The molecule has 0 saturated heterocycles. The number of non-ortho nitro benzene ring substituents is 1. The second-order valence-electron chi connectivity index (χ2n) is 6.10. The molecule has 156 valence electrons. The fourth-order valence-corrected chi connectivity index (χ4v) is 2.64. The molecule has 0 aliphatic rings. The first-order chi connectivity index (χ1) is 14.3. The number of rotatable bonds is 9. The highest BCUT2D eigenvalue weighted by molar-refractivity contribution is 9.10. The smallest absolute Gasteiger partial charge is 0.270 e. The molecule has 0 fully saturated rings. The van der Waals surface area contributed by atoms with Crippen LogP contribution in [0.1, 0.15) is 28.8 Å². The molecular formula is C20H17BrN3O6-. The van der Waals surface area contributed by atoms with Gasteiger partial charge in [0, 0.05) is 34.7 Å². The number of carboxylic acid groups (broad SMARTS) is 1.